The predicted octanol–water partition coefficient (Wildman–Crippen LogP) is 2.69. The summed E-state index contributed by atoms with van der Waals surface area (Å²) in [5.74, 6) is -0.901. The van der Waals surface area contributed by atoms with Gasteiger partial charge in [-0.1, -0.05) is 6.92 Å². The maximum atomic E-state index is 10.7. The second-order valence-corrected chi connectivity index (χ2v) is 4.55. The Balaban J connectivity index is 3.58. The largest absolute Gasteiger partial charge is 0.481 e. The first-order valence-corrected chi connectivity index (χ1v) is 5.23. The van der Waals surface area contributed by atoms with Gasteiger partial charge in [-0.25, -0.2) is 0 Å². The maximum absolute atomic E-state index is 10.7. The lowest BCUT2D eigenvalue weighted by molar-refractivity contribution is -0.142. The van der Waals surface area contributed by atoms with Crippen LogP contribution in [0.1, 0.15) is 47.0 Å². The summed E-state index contributed by atoms with van der Waals surface area (Å²) in [6.45, 7) is 8.56. The van der Waals surface area contributed by atoms with Crippen LogP contribution >= 0.6 is 0 Å². The van der Waals surface area contributed by atoms with Crippen LogP contribution in [0, 0.1) is 5.92 Å². The number of hydrogen-bond donors (Lipinski definition) is 1. The molecule has 0 rings (SSSR count). The van der Waals surface area contributed by atoms with Gasteiger partial charge in [0.15, 0.2) is 0 Å². The van der Waals surface area contributed by atoms with Crippen molar-refractivity contribution in [1.29, 1.82) is 0 Å². The van der Waals surface area contributed by atoms with Crippen molar-refractivity contribution in [2.45, 2.75) is 52.6 Å². The van der Waals surface area contributed by atoms with E-state index in [1.165, 1.54) is 0 Å². The van der Waals surface area contributed by atoms with Gasteiger partial charge in [-0.3, -0.25) is 4.79 Å². The maximum Gasteiger partial charge on any atom is 0.306 e. The van der Waals surface area contributed by atoms with E-state index in [-0.39, 0.29) is 11.5 Å². The Kier molecular flexibility index (Phi) is 5.77. The quantitative estimate of drug-likeness (QED) is 0.673. The fraction of sp³-hybridized carbons (Fsp3) is 0.909. The molecule has 0 amide bonds. The number of carboxylic acid groups (broad SMARTS) is 1. The molecule has 0 aliphatic heterocycles. The minimum absolute atomic E-state index is 0.120. The number of carboxylic acids is 1. The molecule has 0 aromatic carbocycles. The fourth-order valence-corrected chi connectivity index (χ4v) is 1.21. The van der Waals surface area contributed by atoms with Crippen molar-refractivity contribution in [3.8, 4) is 0 Å². The molecule has 0 aliphatic carbocycles. The van der Waals surface area contributed by atoms with Crippen molar-refractivity contribution >= 4 is 5.97 Å². The zero-order valence-corrected chi connectivity index (χ0v) is 9.67. The first-order chi connectivity index (χ1) is 6.37. The van der Waals surface area contributed by atoms with Crippen molar-refractivity contribution in [1.82, 2.24) is 0 Å². The van der Waals surface area contributed by atoms with Crippen LogP contribution in [-0.4, -0.2) is 23.3 Å². The lowest BCUT2D eigenvalue weighted by Gasteiger charge is -2.19. The summed E-state index contributed by atoms with van der Waals surface area (Å²) in [4.78, 5) is 10.7. The Morgan fingerprint density at radius 1 is 1.43 bits per heavy atom. The first kappa shape index (κ1) is 13.4. The van der Waals surface area contributed by atoms with Crippen LogP contribution in [0.5, 0.6) is 0 Å². The van der Waals surface area contributed by atoms with Crippen molar-refractivity contribution in [2.75, 3.05) is 6.61 Å². The van der Waals surface area contributed by atoms with Crippen molar-refractivity contribution in [3.05, 3.63) is 0 Å². The van der Waals surface area contributed by atoms with E-state index in [2.05, 4.69) is 0 Å². The third-order valence-corrected chi connectivity index (χ3v) is 2.07. The number of hydrogen-bond acceptors (Lipinski definition) is 2. The molecule has 0 saturated heterocycles. The van der Waals surface area contributed by atoms with E-state index in [0.717, 1.165) is 6.42 Å². The van der Waals surface area contributed by atoms with E-state index in [4.69, 9.17) is 9.84 Å². The highest BCUT2D eigenvalue weighted by molar-refractivity contribution is 5.69. The van der Waals surface area contributed by atoms with Gasteiger partial charge in [0, 0.05) is 6.61 Å². The molecule has 3 nitrogen and oxygen atoms in total. The van der Waals surface area contributed by atoms with Crippen LogP contribution in [0.25, 0.3) is 0 Å². The van der Waals surface area contributed by atoms with Crippen LogP contribution in [0.2, 0.25) is 0 Å². The molecule has 84 valence electrons. The molecule has 0 aromatic rings. The van der Waals surface area contributed by atoms with Gasteiger partial charge in [0.2, 0.25) is 0 Å². The van der Waals surface area contributed by atoms with E-state index in [9.17, 15) is 4.79 Å². The highest BCUT2D eigenvalue weighted by atomic mass is 16.5. The smallest absolute Gasteiger partial charge is 0.306 e. The van der Waals surface area contributed by atoms with E-state index in [1.54, 1.807) is 0 Å². The summed E-state index contributed by atoms with van der Waals surface area (Å²) in [6.07, 6.45) is 2.23. The van der Waals surface area contributed by atoms with E-state index in [0.29, 0.717) is 19.4 Å². The van der Waals surface area contributed by atoms with E-state index in [1.807, 2.05) is 27.7 Å². The molecule has 14 heavy (non-hydrogen) atoms. The van der Waals surface area contributed by atoms with Crippen LogP contribution in [-0.2, 0) is 9.53 Å². The monoisotopic (exact) mass is 202 g/mol. The molecule has 1 atom stereocenters. The summed E-state index contributed by atoms with van der Waals surface area (Å²) in [6, 6.07) is 0. The highest BCUT2D eigenvalue weighted by Gasteiger charge is 2.15. The second-order valence-electron chi connectivity index (χ2n) is 4.55. The van der Waals surface area contributed by atoms with Gasteiger partial charge in [0.05, 0.1) is 11.5 Å². The summed E-state index contributed by atoms with van der Waals surface area (Å²) in [7, 11) is 0. The molecule has 0 heterocycles. The molecular weight excluding hydrogens is 180 g/mol. The molecule has 0 spiro atoms. The normalized spacial score (nSPS) is 14.0. The lowest BCUT2D eigenvalue weighted by atomic mass is 10.0. The Morgan fingerprint density at radius 3 is 2.36 bits per heavy atom. The minimum Gasteiger partial charge on any atom is -0.481 e. The standard InChI is InChI=1S/C11H22O3/c1-5-9(10(12)13)7-6-8-14-11(2,3)4/h9H,5-8H2,1-4H3,(H,12,13). The van der Waals surface area contributed by atoms with Crippen molar-refractivity contribution in [3.63, 3.8) is 0 Å². The molecule has 3 heteroatoms. The molecule has 0 bridgehead atoms. The third-order valence-electron chi connectivity index (χ3n) is 2.07. The van der Waals surface area contributed by atoms with E-state index < -0.39 is 5.97 Å². The lowest BCUT2D eigenvalue weighted by Crippen LogP contribution is -2.20. The molecule has 0 radical (unpaired) electrons. The molecule has 0 aromatic heterocycles. The zero-order valence-electron chi connectivity index (χ0n) is 9.67. The highest BCUT2D eigenvalue weighted by Crippen LogP contribution is 2.13. The number of ether oxygens (including phenoxy) is 1. The van der Waals surface area contributed by atoms with Gasteiger partial charge in [-0.05, 0) is 40.0 Å². The molecule has 0 saturated carbocycles. The van der Waals surface area contributed by atoms with Crippen LogP contribution in [0.3, 0.4) is 0 Å². The number of rotatable bonds is 6. The third kappa shape index (κ3) is 6.89. The first-order valence-electron chi connectivity index (χ1n) is 5.23. The SMILES string of the molecule is CCC(CCCOC(C)(C)C)C(=O)O. The molecule has 1 N–H and O–H groups in total. The fourth-order valence-electron chi connectivity index (χ4n) is 1.21. The average molecular weight is 202 g/mol. The van der Waals surface area contributed by atoms with Crippen LogP contribution in [0.4, 0.5) is 0 Å². The van der Waals surface area contributed by atoms with Gasteiger partial charge in [-0.2, -0.15) is 0 Å². The number of carbonyl (C=O) groups is 1. The Bertz CT molecular complexity index is 170. The molecule has 0 aliphatic rings. The van der Waals surface area contributed by atoms with Crippen molar-refractivity contribution < 1.29 is 14.6 Å². The molecular formula is C11H22O3. The predicted molar refractivity (Wildman–Crippen MR) is 56.4 cm³/mol. The topological polar surface area (TPSA) is 46.5 Å². The zero-order chi connectivity index (χ0) is 11.2. The van der Waals surface area contributed by atoms with Crippen LogP contribution < -0.4 is 0 Å². The Labute approximate surface area is 86.5 Å². The summed E-state index contributed by atoms with van der Waals surface area (Å²) in [5.41, 5.74) is -0.120. The van der Waals surface area contributed by atoms with Gasteiger partial charge in [0.1, 0.15) is 0 Å². The van der Waals surface area contributed by atoms with Gasteiger partial charge >= 0.3 is 5.97 Å². The van der Waals surface area contributed by atoms with Crippen LogP contribution in [0.15, 0.2) is 0 Å². The Morgan fingerprint density at radius 2 is 2.00 bits per heavy atom. The van der Waals surface area contributed by atoms with E-state index >= 15 is 0 Å². The summed E-state index contributed by atoms with van der Waals surface area (Å²) in [5, 5.41) is 8.79. The van der Waals surface area contributed by atoms with Gasteiger partial charge < -0.3 is 9.84 Å². The average Bonchev–Trinajstić information content (AvgIpc) is 2.01. The van der Waals surface area contributed by atoms with Gasteiger partial charge in [-0.15, -0.1) is 0 Å². The van der Waals surface area contributed by atoms with Crippen molar-refractivity contribution in [2.24, 2.45) is 5.92 Å². The minimum atomic E-state index is -0.691. The van der Waals surface area contributed by atoms with Gasteiger partial charge in [0.25, 0.3) is 0 Å². The second kappa shape index (κ2) is 6.02. The summed E-state index contributed by atoms with van der Waals surface area (Å²) < 4.78 is 5.51. The molecule has 0 fully saturated rings. The molecule has 1 unspecified atom stereocenters. The summed E-state index contributed by atoms with van der Waals surface area (Å²) >= 11 is 0. The number of aliphatic carboxylic acids is 1. The Hall–Kier alpha value is -0.570.